The number of ether oxygens (including phenoxy) is 1. The van der Waals surface area contributed by atoms with Gasteiger partial charge in [0.15, 0.2) is 0 Å². The average Bonchev–Trinajstić information content (AvgIpc) is 3.23. The van der Waals surface area contributed by atoms with Crippen LogP contribution in [-0.4, -0.2) is 27.3 Å². The summed E-state index contributed by atoms with van der Waals surface area (Å²) < 4.78 is 7.67. The van der Waals surface area contributed by atoms with E-state index in [1.807, 2.05) is 16.3 Å². The van der Waals surface area contributed by atoms with Crippen molar-refractivity contribution in [2.45, 2.75) is 39.0 Å². The molecule has 0 bridgehead atoms. The predicted molar refractivity (Wildman–Crippen MR) is 83.4 cm³/mol. The molecule has 2 aromatic heterocycles. The van der Waals surface area contributed by atoms with Gasteiger partial charge in [-0.15, -0.1) is 11.3 Å². The van der Waals surface area contributed by atoms with Crippen molar-refractivity contribution in [2.75, 3.05) is 6.61 Å². The summed E-state index contributed by atoms with van der Waals surface area (Å²) in [6.45, 7) is 5.23. The lowest BCUT2D eigenvalue weighted by Gasteiger charge is -2.16. The molecule has 2 aromatic rings. The minimum atomic E-state index is -0.205. The van der Waals surface area contributed by atoms with E-state index in [1.165, 1.54) is 0 Å². The van der Waals surface area contributed by atoms with E-state index in [-0.39, 0.29) is 17.9 Å². The summed E-state index contributed by atoms with van der Waals surface area (Å²) in [6, 6.07) is 0.298. The van der Waals surface area contributed by atoms with E-state index in [2.05, 4.69) is 29.2 Å². The molecule has 118 valence electrons. The SMILES string of the molecule is CC(C)n1cc([C@H]2OCC[C@@H]2C(=O)NCc2nccs2)cn1. The molecule has 0 saturated carbocycles. The van der Waals surface area contributed by atoms with Gasteiger partial charge in [-0.2, -0.15) is 5.10 Å². The smallest absolute Gasteiger partial charge is 0.226 e. The van der Waals surface area contributed by atoms with E-state index < -0.39 is 0 Å². The highest BCUT2D eigenvalue weighted by Gasteiger charge is 2.36. The summed E-state index contributed by atoms with van der Waals surface area (Å²) >= 11 is 1.54. The first-order valence-electron chi connectivity index (χ1n) is 7.47. The molecule has 1 fully saturated rings. The van der Waals surface area contributed by atoms with Gasteiger partial charge in [0.2, 0.25) is 5.91 Å². The largest absolute Gasteiger partial charge is 0.373 e. The van der Waals surface area contributed by atoms with Crippen molar-refractivity contribution in [3.8, 4) is 0 Å². The van der Waals surface area contributed by atoms with Crippen LogP contribution < -0.4 is 5.32 Å². The summed E-state index contributed by atoms with van der Waals surface area (Å²) in [4.78, 5) is 16.6. The van der Waals surface area contributed by atoms with Crippen molar-refractivity contribution < 1.29 is 9.53 Å². The van der Waals surface area contributed by atoms with E-state index >= 15 is 0 Å². The van der Waals surface area contributed by atoms with Gasteiger partial charge < -0.3 is 10.1 Å². The number of carbonyl (C=O) groups excluding carboxylic acids is 1. The van der Waals surface area contributed by atoms with Gasteiger partial charge in [-0.3, -0.25) is 9.48 Å². The molecule has 0 spiro atoms. The van der Waals surface area contributed by atoms with Gasteiger partial charge in [0, 0.05) is 36.0 Å². The van der Waals surface area contributed by atoms with E-state index in [0.29, 0.717) is 19.2 Å². The Kier molecular flexibility index (Phi) is 4.54. The van der Waals surface area contributed by atoms with Crippen molar-refractivity contribution >= 4 is 17.2 Å². The first kappa shape index (κ1) is 15.2. The summed E-state index contributed by atoms with van der Waals surface area (Å²) in [5, 5.41) is 10.1. The molecule has 0 unspecified atom stereocenters. The fourth-order valence-corrected chi connectivity index (χ4v) is 3.16. The quantitative estimate of drug-likeness (QED) is 0.918. The molecule has 0 radical (unpaired) electrons. The van der Waals surface area contributed by atoms with E-state index in [1.54, 1.807) is 23.7 Å². The maximum atomic E-state index is 12.4. The lowest BCUT2D eigenvalue weighted by Crippen LogP contribution is -2.31. The molecule has 6 nitrogen and oxygen atoms in total. The Morgan fingerprint density at radius 2 is 2.45 bits per heavy atom. The first-order chi connectivity index (χ1) is 10.6. The van der Waals surface area contributed by atoms with Crippen molar-refractivity contribution in [3.05, 3.63) is 34.5 Å². The molecule has 2 atom stereocenters. The monoisotopic (exact) mass is 320 g/mol. The summed E-state index contributed by atoms with van der Waals surface area (Å²) in [5.41, 5.74) is 0.973. The summed E-state index contributed by atoms with van der Waals surface area (Å²) in [7, 11) is 0. The molecule has 1 aliphatic heterocycles. The highest BCUT2D eigenvalue weighted by Crippen LogP contribution is 2.34. The third kappa shape index (κ3) is 3.20. The van der Waals surface area contributed by atoms with Crippen LogP contribution in [0.1, 0.15) is 43.0 Å². The minimum absolute atomic E-state index is 0.0231. The van der Waals surface area contributed by atoms with Gasteiger partial charge >= 0.3 is 0 Å². The molecule has 1 N–H and O–H groups in total. The van der Waals surface area contributed by atoms with Crippen molar-refractivity contribution in [1.29, 1.82) is 0 Å². The maximum absolute atomic E-state index is 12.4. The number of amides is 1. The molecule has 1 saturated heterocycles. The molecule has 0 aromatic carbocycles. The minimum Gasteiger partial charge on any atom is -0.373 e. The third-order valence-corrected chi connectivity index (χ3v) is 4.58. The second-order valence-corrected chi connectivity index (χ2v) is 6.66. The number of thiazole rings is 1. The molecule has 7 heteroatoms. The van der Waals surface area contributed by atoms with Gasteiger partial charge in [-0.1, -0.05) is 0 Å². The van der Waals surface area contributed by atoms with Crippen LogP contribution >= 0.6 is 11.3 Å². The maximum Gasteiger partial charge on any atom is 0.226 e. The van der Waals surface area contributed by atoms with Crippen LogP contribution in [0.4, 0.5) is 0 Å². The Labute approximate surface area is 133 Å². The topological polar surface area (TPSA) is 69.0 Å². The van der Waals surface area contributed by atoms with Crippen LogP contribution in [-0.2, 0) is 16.1 Å². The zero-order chi connectivity index (χ0) is 15.5. The summed E-state index contributed by atoms with van der Waals surface area (Å²) in [5.74, 6) is -0.139. The lowest BCUT2D eigenvalue weighted by atomic mass is 9.96. The predicted octanol–water partition coefficient (Wildman–Crippen LogP) is 2.31. The molecular weight excluding hydrogens is 300 g/mol. The average molecular weight is 320 g/mol. The molecule has 3 rings (SSSR count). The number of aromatic nitrogens is 3. The number of hydrogen-bond acceptors (Lipinski definition) is 5. The lowest BCUT2D eigenvalue weighted by molar-refractivity contribution is -0.126. The van der Waals surface area contributed by atoms with Gasteiger partial charge in [0.25, 0.3) is 0 Å². The third-order valence-electron chi connectivity index (χ3n) is 3.80. The van der Waals surface area contributed by atoms with Crippen LogP contribution in [0.25, 0.3) is 0 Å². The van der Waals surface area contributed by atoms with Crippen LogP contribution in [0.3, 0.4) is 0 Å². The van der Waals surface area contributed by atoms with E-state index in [4.69, 9.17) is 4.74 Å². The fourth-order valence-electron chi connectivity index (χ4n) is 2.60. The standard InChI is InChI=1S/C15H20N4O2S/c1-10(2)19-9-11(7-18-19)14-12(3-5-21-14)15(20)17-8-13-16-4-6-22-13/h4,6-7,9-10,12,14H,3,5,8H2,1-2H3,(H,17,20)/t12-,14+/m0/s1. The number of carbonyl (C=O) groups is 1. The second kappa shape index (κ2) is 6.58. The Morgan fingerprint density at radius 1 is 1.59 bits per heavy atom. The molecule has 22 heavy (non-hydrogen) atoms. The first-order valence-corrected chi connectivity index (χ1v) is 8.35. The van der Waals surface area contributed by atoms with Gasteiger partial charge in [0.1, 0.15) is 5.01 Å². The van der Waals surface area contributed by atoms with Crippen molar-refractivity contribution in [2.24, 2.45) is 5.92 Å². The zero-order valence-corrected chi connectivity index (χ0v) is 13.5. The molecule has 1 aliphatic rings. The Morgan fingerprint density at radius 3 is 3.14 bits per heavy atom. The highest BCUT2D eigenvalue weighted by molar-refractivity contribution is 7.09. The molecule has 1 amide bonds. The van der Waals surface area contributed by atoms with E-state index in [0.717, 1.165) is 17.0 Å². The van der Waals surface area contributed by atoms with E-state index in [9.17, 15) is 4.79 Å². The second-order valence-electron chi connectivity index (χ2n) is 5.68. The van der Waals surface area contributed by atoms with Crippen LogP contribution in [0.2, 0.25) is 0 Å². The number of nitrogens with one attached hydrogen (secondary N) is 1. The van der Waals surface area contributed by atoms with Gasteiger partial charge in [0.05, 0.1) is 24.8 Å². The number of nitrogens with zero attached hydrogens (tertiary/aromatic N) is 3. The highest BCUT2D eigenvalue weighted by atomic mass is 32.1. The van der Waals surface area contributed by atoms with Crippen LogP contribution in [0.5, 0.6) is 0 Å². The number of hydrogen-bond donors (Lipinski definition) is 1. The Hall–Kier alpha value is -1.73. The van der Waals surface area contributed by atoms with Crippen LogP contribution in [0, 0.1) is 5.92 Å². The normalized spacial score (nSPS) is 21.4. The molecular formula is C15H20N4O2S. The van der Waals surface area contributed by atoms with Gasteiger partial charge in [-0.05, 0) is 20.3 Å². The fraction of sp³-hybridized carbons (Fsp3) is 0.533. The zero-order valence-electron chi connectivity index (χ0n) is 12.7. The van der Waals surface area contributed by atoms with Gasteiger partial charge in [-0.25, -0.2) is 4.98 Å². The summed E-state index contributed by atoms with van der Waals surface area (Å²) in [6.07, 6.45) is 6.05. The molecule has 0 aliphatic carbocycles. The Balaban J connectivity index is 1.65. The van der Waals surface area contributed by atoms with Crippen LogP contribution in [0.15, 0.2) is 24.0 Å². The molecule has 3 heterocycles. The van der Waals surface area contributed by atoms with Crippen molar-refractivity contribution in [1.82, 2.24) is 20.1 Å². The Bertz CT molecular complexity index is 623. The number of rotatable bonds is 5. The van der Waals surface area contributed by atoms with Crippen molar-refractivity contribution in [3.63, 3.8) is 0 Å².